The van der Waals surface area contributed by atoms with Crippen LogP contribution in [0.3, 0.4) is 0 Å². The Kier molecular flexibility index (Phi) is 4.08. The number of imidazole rings is 1. The molecule has 3 heterocycles. The number of fused-ring (bicyclic) bond motifs is 1. The first-order chi connectivity index (χ1) is 10.2. The van der Waals surface area contributed by atoms with Crippen molar-refractivity contribution in [2.24, 2.45) is 10.7 Å². The maximum atomic E-state index is 6.13. The second-order valence-corrected chi connectivity index (χ2v) is 5.78. The predicted molar refractivity (Wildman–Crippen MR) is 85.3 cm³/mol. The molecular weight excluding hydrogens is 262 g/mol. The smallest absolute Gasteiger partial charge is 0.191 e. The number of nitrogens with zero attached hydrogens (tertiary/aromatic N) is 4. The summed E-state index contributed by atoms with van der Waals surface area (Å²) in [5, 5.41) is 0. The molecule has 0 aliphatic carbocycles. The van der Waals surface area contributed by atoms with Crippen molar-refractivity contribution in [3.8, 4) is 0 Å². The number of hydrogen-bond acceptors (Lipinski definition) is 2. The highest BCUT2D eigenvalue weighted by atomic mass is 15.2. The maximum absolute atomic E-state index is 6.13. The molecular formula is C16H23N5. The Bertz CT molecular complexity index is 635. The molecule has 112 valence electrons. The molecule has 21 heavy (non-hydrogen) atoms. The van der Waals surface area contributed by atoms with E-state index in [0.29, 0.717) is 12.5 Å². The average molecular weight is 285 g/mol. The third-order valence-corrected chi connectivity index (χ3v) is 4.00. The molecule has 5 nitrogen and oxygen atoms in total. The van der Waals surface area contributed by atoms with Crippen LogP contribution >= 0.6 is 0 Å². The number of likely N-dealkylation sites (tertiary alicyclic amines) is 1. The molecule has 2 aromatic heterocycles. The topological polar surface area (TPSA) is 58.9 Å². The van der Waals surface area contributed by atoms with Gasteiger partial charge in [-0.05, 0) is 37.5 Å². The largest absolute Gasteiger partial charge is 0.370 e. The lowest BCUT2D eigenvalue weighted by molar-refractivity contribution is 0.428. The molecule has 0 unspecified atom stereocenters. The van der Waals surface area contributed by atoms with E-state index in [9.17, 15) is 0 Å². The molecule has 5 heteroatoms. The van der Waals surface area contributed by atoms with Crippen molar-refractivity contribution in [3.63, 3.8) is 0 Å². The lowest BCUT2D eigenvalue weighted by Gasteiger charge is -2.20. The summed E-state index contributed by atoms with van der Waals surface area (Å²) in [7, 11) is 0. The summed E-state index contributed by atoms with van der Waals surface area (Å²) >= 11 is 0. The maximum Gasteiger partial charge on any atom is 0.191 e. The monoisotopic (exact) mass is 285 g/mol. The minimum Gasteiger partial charge on any atom is -0.370 e. The summed E-state index contributed by atoms with van der Waals surface area (Å²) < 4.78 is 2.03. The molecule has 0 radical (unpaired) electrons. The van der Waals surface area contributed by atoms with E-state index in [1.165, 1.54) is 31.2 Å². The Morgan fingerprint density at radius 3 is 2.81 bits per heavy atom. The molecule has 0 aromatic carbocycles. The quantitative estimate of drug-likeness (QED) is 0.680. The van der Waals surface area contributed by atoms with Crippen molar-refractivity contribution in [1.82, 2.24) is 14.3 Å². The first-order valence-electron chi connectivity index (χ1n) is 7.71. The third-order valence-electron chi connectivity index (χ3n) is 4.00. The molecule has 0 amide bonds. The molecule has 1 aliphatic heterocycles. The summed E-state index contributed by atoms with van der Waals surface area (Å²) in [6, 6.07) is 4.15. The van der Waals surface area contributed by atoms with Gasteiger partial charge in [-0.1, -0.05) is 12.8 Å². The van der Waals surface area contributed by atoms with Gasteiger partial charge in [-0.2, -0.15) is 0 Å². The van der Waals surface area contributed by atoms with E-state index < -0.39 is 0 Å². The zero-order chi connectivity index (χ0) is 14.7. The van der Waals surface area contributed by atoms with Crippen LogP contribution in [0.4, 0.5) is 0 Å². The molecule has 3 rings (SSSR count). The van der Waals surface area contributed by atoms with E-state index >= 15 is 0 Å². The number of guanidine groups is 1. The highest BCUT2D eigenvalue weighted by Gasteiger charge is 2.11. The third kappa shape index (κ3) is 3.35. The second kappa shape index (κ2) is 6.16. The highest BCUT2D eigenvalue weighted by Crippen LogP contribution is 2.11. The fourth-order valence-corrected chi connectivity index (χ4v) is 2.77. The van der Waals surface area contributed by atoms with E-state index in [-0.39, 0.29) is 0 Å². The van der Waals surface area contributed by atoms with Crippen LogP contribution in [-0.2, 0) is 6.54 Å². The van der Waals surface area contributed by atoms with Crippen molar-refractivity contribution in [2.45, 2.75) is 39.2 Å². The summed E-state index contributed by atoms with van der Waals surface area (Å²) in [5.41, 5.74) is 9.26. The van der Waals surface area contributed by atoms with Gasteiger partial charge in [0.1, 0.15) is 5.65 Å². The van der Waals surface area contributed by atoms with Crippen LogP contribution < -0.4 is 5.73 Å². The summed E-state index contributed by atoms with van der Waals surface area (Å²) in [4.78, 5) is 11.3. The molecule has 0 atom stereocenters. The lowest BCUT2D eigenvalue weighted by atomic mass is 10.2. The van der Waals surface area contributed by atoms with E-state index in [1.807, 2.05) is 16.8 Å². The Morgan fingerprint density at radius 1 is 1.29 bits per heavy atom. The molecule has 2 aromatic rings. The van der Waals surface area contributed by atoms with Crippen molar-refractivity contribution < 1.29 is 0 Å². The van der Waals surface area contributed by atoms with Gasteiger partial charge in [0.2, 0.25) is 0 Å². The van der Waals surface area contributed by atoms with Crippen LogP contribution in [0.1, 0.15) is 36.9 Å². The lowest BCUT2D eigenvalue weighted by Crippen LogP contribution is -2.38. The van der Waals surface area contributed by atoms with Gasteiger partial charge in [0.15, 0.2) is 5.96 Å². The predicted octanol–water partition coefficient (Wildman–Crippen LogP) is 2.33. The van der Waals surface area contributed by atoms with Crippen molar-refractivity contribution >= 4 is 11.6 Å². The number of hydrogen-bond donors (Lipinski definition) is 1. The van der Waals surface area contributed by atoms with E-state index in [2.05, 4.69) is 33.9 Å². The molecule has 1 aliphatic rings. The number of pyridine rings is 1. The van der Waals surface area contributed by atoms with Gasteiger partial charge < -0.3 is 15.0 Å². The average Bonchev–Trinajstić information content (AvgIpc) is 2.69. The Hall–Kier alpha value is -2.04. The van der Waals surface area contributed by atoms with Gasteiger partial charge in [-0.25, -0.2) is 9.98 Å². The molecule has 0 saturated carbocycles. The SMILES string of the molecule is Cc1ccn2cc(CN=C(N)N3CCCCCC3)nc2c1. The minimum atomic E-state index is 0.545. The summed E-state index contributed by atoms with van der Waals surface area (Å²) in [5.74, 6) is 0.658. The van der Waals surface area contributed by atoms with Crippen molar-refractivity contribution in [2.75, 3.05) is 13.1 Å². The second-order valence-electron chi connectivity index (χ2n) is 5.78. The number of aryl methyl sites for hydroxylation is 1. The van der Waals surface area contributed by atoms with Crippen LogP contribution in [-0.4, -0.2) is 33.3 Å². The van der Waals surface area contributed by atoms with Crippen LogP contribution in [0.2, 0.25) is 0 Å². The number of aromatic nitrogens is 2. The highest BCUT2D eigenvalue weighted by molar-refractivity contribution is 5.78. The normalized spacial score (nSPS) is 17.2. The molecule has 2 N–H and O–H groups in total. The zero-order valence-corrected chi connectivity index (χ0v) is 12.6. The molecule has 0 spiro atoms. The van der Waals surface area contributed by atoms with Gasteiger partial charge in [0.05, 0.1) is 12.2 Å². The van der Waals surface area contributed by atoms with Crippen LogP contribution in [0.5, 0.6) is 0 Å². The minimum absolute atomic E-state index is 0.545. The van der Waals surface area contributed by atoms with Gasteiger partial charge in [0, 0.05) is 25.5 Å². The van der Waals surface area contributed by atoms with E-state index in [4.69, 9.17) is 5.73 Å². The fourth-order valence-electron chi connectivity index (χ4n) is 2.77. The standard InChI is InChI=1S/C16H23N5/c1-13-6-9-21-12-14(19-15(21)10-13)11-18-16(17)20-7-4-2-3-5-8-20/h6,9-10,12H,2-5,7-8,11H2,1H3,(H2,17,18). The van der Waals surface area contributed by atoms with Crippen molar-refractivity contribution in [3.05, 3.63) is 35.8 Å². The van der Waals surface area contributed by atoms with Gasteiger partial charge in [-0.15, -0.1) is 0 Å². The Balaban J connectivity index is 1.70. The first-order valence-corrected chi connectivity index (χ1v) is 7.71. The first kappa shape index (κ1) is 13.9. The van der Waals surface area contributed by atoms with Gasteiger partial charge in [0.25, 0.3) is 0 Å². The van der Waals surface area contributed by atoms with E-state index in [1.54, 1.807) is 0 Å². The number of rotatable bonds is 2. The molecule has 1 fully saturated rings. The Labute approximate surface area is 125 Å². The summed E-state index contributed by atoms with van der Waals surface area (Å²) in [6.45, 7) is 4.67. The van der Waals surface area contributed by atoms with Crippen LogP contribution in [0.25, 0.3) is 5.65 Å². The zero-order valence-electron chi connectivity index (χ0n) is 12.6. The van der Waals surface area contributed by atoms with Gasteiger partial charge in [-0.3, -0.25) is 0 Å². The van der Waals surface area contributed by atoms with E-state index in [0.717, 1.165) is 24.4 Å². The fraction of sp³-hybridized carbons (Fsp3) is 0.500. The van der Waals surface area contributed by atoms with Crippen molar-refractivity contribution in [1.29, 1.82) is 0 Å². The van der Waals surface area contributed by atoms with Crippen LogP contribution in [0.15, 0.2) is 29.5 Å². The van der Waals surface area contributed by atoms with Crippen LogP contribution in [0, 0.1) is 6.92 Å². The number of nitrogens with two attached hydrogens (primary N) is 1. The number of aliphatic imine (C=N–C) groups is 1. The summed E-state index contributed by atoms with van der Waals surface area (Å²) in [6.07, 6.45) is 9.08. The molecule has 1 saturated heterocycles. The Morgan fingerprint density at radius 2 is 2.05 bits per heavy atom. The molecule has 0 bridgehead atoms. The van der Waals surface area contributed by atoms with Gasteiger partial charge >= 0.3 is 0 Å².